The van der Waals surface area contributed by atoms with E-state index in [1.54, 1.807) is 6.07 Å². The fourth-order valence-electron chi connectivity index (χ4n) is 1.55. The van der Waals surface area contributed by atoms with Gasteiger partial charge in [0.05, 0.1) is 17.4 Å². The fourth-order valence-corrected chi connectivity index (χ4v) is 1.55. The third-order valence-electron chi connectivity index (χ3n) is 2.51. The Morgan fingerprint density at radius 2 is 2.22 bits per heavy atom. The third kappa shape index (κ3) is 2.97. The van der Waals surface area contributed by atoms with Crippen molar-refractivity contribution in [1.29, 1.82) is 0 Å². The minimum absolute atomic E-state index is 0.118. The van der Waals surface area contributed by atoms with Gasteiger partial charge in [-0.25, -0.2) is 0 Å². The van der Waals surface area contributed by atoms with E-state index in [9.17, 15) is 14.9 Å². The molecule has 6 heteroatoms. The van der Waals surface area contributed by atoms with Gasteiger partial charge in [0.15, 0.2) is 5.75 Å². The van der Waals surface area contributed by atoms with Crippen LogP contribution < -0.4 is 4.74 Å². The molecule has 0 spiro atoms. The van der Waals surface area contributed by atoms with Crippen molar-refractivity contribution in [3.8, 4) is 5.75 Å². The number of nitrogens with zero attached hydrogens (tertiary/aromatic N) is 1. The molecule has 0 aliphatic carbocycles. The molecule has 0 saturated heterocycles. The summed E-state index contributed by atoms with van der Waals surface area (Å²) in [6.07, 6.45) is 0.718. The van der Waals surface area contributed by atoms with Gasteiger partial charge in [-0.05, 0) is 19.4 Å². The minimum Gasteiger partial charge on any atom is -0.487 e. The first-order valence-corrected chi connectivity index (χ1v) is 5.62. The lowest BCUT2D eigenvalue weighted by Crippen LogP contribution is -2.11. The second kappa shape index (κ2) is 6.00. The SMILES string of the molecule is CCCOc1cccc(C(C)C(=O)O)c1[N+](=O)[O-]. The van der Waals surface area contributed by atoms with Crippen LogP contribution in [-0.2, 0) is 4.79 Å². The summed E-state index contributed by atoms with van der Waals surface area (Å²) in [5.41, 5.74) is -0.109. The monoisotopic (exact) mass is 253 g/mol. The zero-order chi connectivity index (χ0) is 13.7. The van der Waals surface area contributed by atoms with E-state index in [1.807, 2.05) is 6.92 Å². The van der Waals surface area contributed by atoms with E-state index in [1.165, 1.54) is 19.1 Å². The van der Waals surface area contributed by atoms with Crippen molar-refractivity contribution in [1.82, 2.24) is 0 Å². The highest BCUT2D eigenvalue weighted by molar-refractivity contribution is 5.78. The largest absolute Gasteiger partial charge is 0.487 e. The number of nitro benzene ring substituents is 1. The lowest BCUT2D eigenvalue weighted by atomic mass is 9.99. The number of aliphatic carboxylic acids is 1. The molecule has 0 aliphatic rings. The molecular formula is C12H15NO5. The summed E-state index contributed by atoms with van der Waals surface area (Å²) < 4.78 is 5.28. The predicted molar refractivity (Wildman–Crippen MR) is 64.9 cm³/mol. The number of hydrogen-bond donors (Lipinski definition) is 1. The van der Waals surface area contributed by atoms with Crippen molar-refractivity contribution in [3.05, 3.63) is 33.9 Å². The maximum atomic E-state index is 11.1. The quantitative estimate of drug-likeness (QED) is 0.621. The first-order chi connectivity index (χ1) is 8.49. The summed E-state index contributed by atoms with van der Waals surface area (Å²) in [5.74, 6) is -1.94. The lowest BCUT2D eigenvalue weighted by molar-refractivity contribution is -0.386. The molecule has 1 aromatic rings. The average molecular weight is 253 g/mol. The van der Waals surface area contributed by atoms with Crippen molar-refractivity contribution >= 4 is 11.7 Å². The Morgan fingerprint density at radius 1 is 1.56 bits per heavy atom. The molecule has 1 unspecified atom stereocenters. The maximum Gasteiger partial charge on any atom is 0.314 e. The van der Waals surface area contributed by atoms with Crippen LogP contribution in [0.3, 0.4) is 0 Å². The number of carboxylic acids is 1. The minimum atomic E-state index is -1.11. The predicted octanol–water partition coefficient (Wildman–Crippen LogP) is 2.57. The highest BCUT2D eigenvalue weighted by Crippen LogP contribution is 2.35. The number of carbonyl (C=O) groups is 1. The van der Waals surface area contributed by atoms with Gasteiger partial charge in [0.2, 0.25) is 0 Å². The normalized spacial score (nSPS) is 11.9. The molecule has 0 amide bonds. The molecule has 0 radical (unpaired) electrons. The molecule has 1 N–H and O–H groups in total. The van der Waals surface area contributed by atoms with Crippen LogP contribution in [0.25, 0.3) is 0 Å². The molecule has 0 heterocycles. The first-order valence-electron chi connectivity index (χ1n) is 5.62. The molecule has 1 atom stereocenters. The van der Waals surface area contributed by atoms with Crippen LogP contribution in [0.4, 0.5) is 5.69 Å². The van der Waals surface area contributed by atoms with E-state index in [4.69, 9.17) is 9.84 Å². The molecule has 6 nitrogen and oxygen atoms in total. The number of carboxylic acid groups (broad SMARTS) is 1. The van der Waals surface area contributed by atoms with Gasteiger partial charge < -0.3 is 9.84 Å². The molecule has 1 aromatic carbocycles. The van der Waals surface area contributed by atoms with E-state index in [2.05, 4.69) is 0 Å². The van der Waals surface area contributed by atoms with E-state index < -0.39 is 16.8 Å². The van der Waals surface area contributed by atoms with E-state index >= 15 is 0 Å². The number of hydrogen-bond acceptors (Lipinski definition) is 4. The Labute approximate surface area is 104 Å². The number of rotatable bonds is 6. The first kappa shape index (κ1) is 14.0. The summed E-state index contributed by atoms with van der Waals surface area (Å²) in [4.78, 5) is 21.4. The molecule has 18 heavy (non-hydrogen) atoms. The Bertz CT molecular complexity index is 458. The molecule has 0 fully saturated rings. The van der Waals surface area contributed by atoms with Gasteiger partial charge in [0.1, 0.15) is 0 Å². The molecule has 0 aromatic heterocycles. The van der Waals surface area contributed by atoms with Gasteiger partial charge in [0.25, 0.3) is 0 Å². The zero-order valence-corrected chi connectivity index (χ0v) is 10.3. The summed E-state index contributed by atoms with van der Waals surface area (Å²) in [7, 11) is 0. The van der Waals surface area contributed by atoms with Gasteiger partial charge in [-0.15, -0.1) is 0 Å². The van der Waals surface area contributed by atoms with E-state index in [0.29, 0.717) is 6.61 Å². The highest BCUT2D eigenvalue weighted by atomic mass is 16.6. The Kier molecular flexibility index (Phi) is 4.65. The van der Waals surface area contributed by atoms with Crippen LogP contribution in [0.2, 0.25) is 0 Å². The standard InChI is InChI=1S/C12H15NO5/c1-3-7-18-10-6-4-5-9(8(2)12(14)15)11(10)13(16)17/h4-6,8H,3,7H2,1-2H3,(H,14,15). The highest BCUT2D eigenvalue weighted by Gasteiger charge is 2.27. The topological polar surface area (TPSA) is 89.7 Å². The Hall–Kier alpha value is -2.11. The van der Waals surface area contributed by atoms with Crippen molar-refractivity contribution in [2.45, 2.75) is 26.2 Å². The third-order valence-corrected chi connectivity index (χ3v) is 2.51. The Morgan fingerprint density at radius 3 is 2.72 bits per heavy atom. The number of ether oxygens (including phenoxy) is 1. The van der Waals surface area contributed by atoms with Gasteiger partial charge in [0, 0.05) is 5.56 Å². The fraction of sp³-hybridized carbons (Fsp3) is 0.417. The van der Waals surface area contributed by atoms with E-state index in [0.717, 1.165) is 6.42 Å². The summed E-state index contributed by atoms with van der Waals surface area (Å²) >= 11 is 0. The number of nitro groups is 1. The number of para-hydroxylation sites is 1. The van der Waals surface area contributed by atoms with Gasteiger partial charge in [-0.1, -0.05) is 19.1 Å². The van der Waals surface area contributed by atoms with Crippen molar-refractivity contribution in [2.24, 2.45) is 0 Å². The molecule has 98 valence electrons. The summed E-state index contributed by atoms with van der Waals surface area (Å²) in [6, 6.07) is 4.48. The lowest BCUT2D eigenvalue weighted by Gasteiger charge is -2.11. The zero-order valence-electron chi connectivity index (χ0n) is 10.3. The maximum absolute atomic E-state index is 11.1. The van der Waals surface area contributed by atoms with Gasteiger partial charge in [-0.3, -0.25) is 14.9 Å². The Balaban J connectivity index is 3.25. The summed E-state index contributed by atoms with van der Waals surface area (Å²) in [5, 5.41) is 20.0. The smallest absolute Gasteiger partial charge is 0.314 e. The molecular weight excluding hydrogens is 238 g/mol. The van der Waals surface area contributed by atoms with Crippen LogP contribution in [0.15, 0.2) is 18.2 Å². The second-order valence-electron chi connectivity index (χ2n) is 3.86. The second-order valence-corrected chi connectivity index (χ2v) is 3.86. The van der Waals surface area contributed by atoms with Crippen molar-refractivity contribution in [3.63, 3.8) is 0 Å². The van der Waals surface area contributed by atoms with Crippen LogP contribution in [0, 0.1) is 10.1 Å². The average Bonchev–Trinajstić information content (AvgIpc) is 2.34. The number of benzene rings is 1. The molecule has 0 bridgehead atoms. The van der Waals surface area contributed by atoms with Crippen molar-refractivity contribution < 1.29 is 19.6 Å². The van der Waals surface area contributed by atoms with Crippen LogP contribution in [0.1, 0.15) is 31.7 Å². The molecule has 0 aliphatic heterocycles. The van der Waals surface area contributed by atoms with Crippen LogP contribution in [0.5, 0.6) is 5.75 Å². The summed E-state index contributed by atoms with van der Waals surface area (Å²) in [6.45, 7) is 3.65. The van der Waals surface area contributed by atoms with Crippen LogP contribution >= 0.6 is 0 Å². The van der Waals surface area contributed by atoms with E-state index in [-0.39, 0.29) is 17.0 Å². The van der Waals surface area contributed by atoms with Crippen LogP contribution in [-0.4, -0.2) is 22.6 Å². The van der Waals surface area contributed by atoms with Gasteiger partial charge in [-0.2, -0.15) is 0 Å². The van der Waals surface area contributed by atoms with Gasteiger partial charge >= 0.3 is 11.7 Å². The molecule has 0 saturated carbocycles. The van der Waals surface area contributed by atoms with Crippen molar-refractivity contribution in [2.75, 3.05) is 6.61 Å². The molecule has 1 rings (SSSR count).